The molecular formula is C10H8BrFN4O. The van der Waals surface area contributed by atoms with Crippen molar-refractivity contribution in [2.45, 2.75) is 0 Å². The van der Waals surface area contributed by atoms with Gasteiger partial charge in [0.2, 0.25) is 0 Å². The summed E-state index contributed by atoms with van der Waals surface area (Å²) in [5.74, 6) is -1.12. The van der Waals surface area contributed by atoms with Crippen molar-refractivity contribution in [3.63, 3.8) is 0 Å². The third-order valence-electron chi connectivity index (χ3n) is 2.16. The van der Waals surface area contributed by atoms with Gasteiger partial charge in [-0.25, -0.2) is 9.07 Å². The molecule has 0 aliphatic carbocycles. The lowest BCUT2D eigenvalue weighted by atomic mass is 10.2. The number of primary amides is 1. The Bertz CT molecular complexity index is 596. The van der Waals surface area contributed by atoms with Gasteiger partial charge in [-0.2, -0.15) is 5.10 Å². The first-order valence-electron chi connectivity index (χ1n) is 4.59. The molecule has 0 unspecified atom stereocenters. The van der Waals surface area contributed by atoms with Crippen LogP contribution in [-0.2, 0) is 0 Å². The molecule has 0 saturated carbocycles. The van der Waals surface area contributed by atoms with Gasteiger partial charge in [0.1, 0.15) is 11.5 Å². The number of rotatable bonds is 2. The Morgan fingerprint density at radius 1 is 1.47 bits per heavy atom. The van der Waals surface area contributed by atoms with E-state index >= 15 is 0 Å². The zero-order valence-corrected chi connectivity index (χ0v) is 10.1. The zero-order chi connectivity index (χ0) is 12.6. The molecule has 5 nitrogen and oxygen atoms in total. The first kappa shape index (κ1) is 11.6. The van der Waals surface area contributed by atoms with Gasteiger partial charge >= 0.3 is 0 Å². The van der Waals surface area contributed by atoms with Crippen molar-refractivity contribution in [3.05, 3.63) is 40.4 Å². The van der Waals surface area contributed by atoms with E-state index in [0.29, 0.717) is 11.4 Å². The van der Waals surface area contributed by atoms with Crippen LogP contribution in [0.5, 0.6) is 0 Å². The molecule has 4 N–H and O–H groups in total. The number of amides is 1. The lowest BCUT2D eigenvalue weighted by molar-refractivity contribution is 0.0995. The van der Waals surface area contributed by atoms with Crippen molar-refractivity contribution in [3.8, 4) is 5.69 Å². The van der Waals surface area contributed by atoms with Crippen molar-refractivity contribution < 1.29 is 9.18 Å². The molecule has 0 radical (unpaired) electrons. The fraction of sp³-hybridized carbons (Fsp3) is 0. The fourth-order valence-electron chi connectivity index (χ4n) is 1.34. The molecule has 0 fully saturated rings. The minimum Gasteiger partial charge on any atom is -0.397 e. The molecule has 2 aromatic rings. The van der Waals surface area contributed by atoms with Crippen LogP contribution in [-0.4, -0.2) is 15.7 Å². The number of carbonyl (C=O) groups is 1. The van der Waals surface area contributed by atoms with Gasteiger partial charge in [-0.3, -0.25) is 4.79 Å². The Morgan fingerprint density at radius 2 is 2.18 bits per heavy atom. The maximum Gasteiger partial charge on any atom is 0.269 e. The van der Waals surface area contributed by atoms with E-state index in [1.54, 1.807) is 0 Å². The van der Waals surface area contributed by atoms with E-state index in [0.717, 1.165) is 0 Å². The summed E-state index contributed by atoms with van der Waals surface area (Å²) in [6.45, 7) is 0. The summed E-state index contributed by atoms with van der Waals surface area (Å²) < 4.78 is 14.9. The van der Waals surface area contributed by atoms with Gasteiger partial charge in [0.15, 0.2) is 0 Å². The molecule has 7 heteroatoms. The number of nitrogens with zero attached hydrogens (tertiary/aromatic N) is 2. The number of hydrogen-bond donors (Lipinski definition) is 2. The van der Waals surface area contributed by atoms with Gasteiger partial charge in [0.25, 0.3) is 5.91 Å². The molecule has 1 aromatic carbocycles. The highest BCUT2D eigenvalue weighted by Crippen LogP contribution is 2.25. The number of nitrogen functional groups attached to an aromatic ring is 1. The van der Waals surface area contributed by atoms with E-state index in [-0.39, 0.29) is 10.2 Å². The number of aromatic nitrogens is 2. The molecular weight excluding hydrogens is 291 g/mol. The highest BCUT2D eigenvalue weighted by atomic mass is 79.9. The average Bonchev–Trinajstić information content (AvgIpc) is 2.72. The van der Waals surface area contributed by atoms with Crippen LogP contribution >= 0.6 is 15.9 Å². The van der Waals surface area contributed by atoms with E-state index in [1.807, 2.05) is 0 Å². The van der Waals surface area contributed by atoms with E-state index in [1.165, 1.54) is 29.1 Å². The van der Waals surface area contributed by atoms with Crippen molar-refractivity contribution in [1.29, 1.82) is 0 Å². The van der Waals surface area contributed by atoms with Crippen LogP contribution in [0.15, 0.2) is 28.9 Å². The normalized spacial score (nSPS) is 10.5. The quantitative estimate of drug-likeness (QED) is 0.823. The number of benzene rings is 1. The second-order valence-corrected chi connectivity index (χ2v) is 4.19. The van der Waals surface area contributed by atoms with Gasteiger partial charge in [0, 0.05) is 12.3 Å². The molecule has 0 bridgehead atoms. The molecule has 17 heavy (non-hydrogen) atoms. The van der Waals surface area contributed by atoms with Gasteiger partial charge in [-0.05, 0) is 28.1 Å². The SMILES string of the molecule is NC(=O)c1ccn(-c2cc(F)c(Br)cc2N)n1. The smallest absolute Gasteiger partial charge is 0.269 e. The molecule has 1 amide bonds. The molecule has 1 heterocycles. The highest BCUT2D eigenvalue weighted by molar-refractivity contribution is 9.10. The summed E-state index contributed by atoms with van der Waals surface area (Å²) in [7, 11) is 0. The lowest BCUT2D eigenvalue weighted by Gasteiger charge is -2.06. The molecule has 88 valence electrons. The summed E-state index contributed by atoms with van der Waals surface area (Å²) in [6, 6.07) is 4.08. The van der Waals surface area contributed by atoms with Gasteiger partial charge in [-0.15, -0.1) is 0 Å². The Kier molecular flexibility index (Phi) is 2.84. The van der Waals surface area contributed by atoms with E-state index < -0.39 is 11.7 Å². The zero-order valence-electron chi connectivity index (χ0n) is 8.52. The number of carbonyl (C=O) groups excluding carboxylic acids is 1. The molecule has 0 spiro atoms. The number of hydrogen-bond acceptors (Lipinski definition) is 3. The number of nitrogens with two attached hydrogens (primary N) is 2. The Balaban J connectivity index is 2.52. The second-order valence-electron chi connectivity index (χ2n) is 3.33. The summed E-state index contributed by atoms with van der Waals surface area (Å²) in [6.07, 6.45) is 1.49. The first-order valence-corrected chi connectivity index (χ1v) is 5.38. The summed E-state index contributed by atoms with van der Waals surface area (Å²) in [4.78, 5) is 10.9. The van der Waals surface area contributed by atoms with Gasteiger partial charge in [-0.1, -0.05) is 0 Å². The maximum atomic E-state index is 13.4. The Hall–Kier alpha value is -1.89. The van der Waals surface area contributed by atoms with Crippen molar-refractivity contribution in [2.75, 3.05) is 5.73 Å². The highest BCUT2D eigenvalue weighted by Gasteiger charge is 2.11. The van der Waals surface area contributed by atoms with Crippen LogP contribution in [0.4, 0.5) is 10.1 Å². The first-order chi connectivity index (χ1) is 7.99. The van der Waals surface area contributed by atoms with E-state index in [2.05, 4.69) is 21.0 Å². The summed E-state index contributed by atoms with van der Waals surface area (Å²) >= 11 is 3.02. The Labute approximate surface area is 104 Å². The second kappa shape index (κ2) is 4.17. The standard InChI is InChI=1S/C10H8BrFN4O/c11-5-3-7(13)9(4-6(5)12)16-2-1-8(15-16)10(14)17/h1-4H,13H2,(H2,14,17). The molecule has 0 atom stereocenters. The monoisotopic (exact) mass is 298 g/mol. The third-order valence-corrected chi connectivity index (χ3v) is 2.77. The van der Waals surface area contributed by atoms with Crippen molar-refractivity contribution >= 4 is 27.5 Å². The minimum atomic E-state index is -0.653. The average molecular weight is 299 g/mol. The van der Waals surface area contributed by atoms with Gasteiger partial charge in [0.05, 0.1) is 15.8 Å². The molecule has 0 aliphatic heterocycles. The van der Waals surface area contributed by atoms with Crippen LogP contribution in [0, 0.1) is 5.82 Å². The third kappa shape index (κ3) is 2.14. The van der Waals surface area contributed by atoms with Gasteiger partial charge < -0.3 is 11.5 Å². The van der Waals surface area contributed by atoms with E-state index in [9.17, 15) is 9.18 Å². The van der Waals surface area contributed by atoms with Crippen LogP contribution < -0.4 is 11.5 Å². The lowest BCUT2D eigenvalue weighted by Crippen LogP contribution is -2.12. The Morgan fingerprint density at radius 3 is 2.76 bits per heavy atom. The van der Waals surface area contributed by atoms with Crippen molar-refractivity contribution in [2.24, 2.45) is 5.73 Å². The predicted molar refractivity (Wildman–Crippen MR) is 64.2 cm³/mol. The number of halogens is 2. The fourth-order valence-corrected chi connectivity index (χ4v) is 1.70. The molecule has 0 saturated heterocycles. The predicted octanol–water partition coefficient (Wildman–Crippen LogP) is 1.46. The summed E-state index contributed by atoms with van der Waals surface area (Å²) in [5, 5.41) is 3.89. The molecule has 0 aliphatic rings. The topological polar surface area (TPSA) is 86.9 Å². The molecule has 1 aromatic heterocycles. The minimum absolute atomic E-state index is 0.0905. The summed E-state index contributed by atoms with van der Waals surface area (Å²) in [5.41, 5.74) is 11.6. The van der Waals surface area contributed by atoms with Crippen LogP contribution in [0.1, 0.15) is 10.5 Å². The van der Waals surface area contributed by atoms with Crippen LogP contribution in [0.25, 0.3) is 5.69 Å². The van der Waals surface area contributed by atoms with E-state index in [4.69, 9.17) is 11.5 Å². The molecule has 2 rings (SSSR count). The largest absolute Gasteiger partial charge is 0.397 e. The van der Waals surface area contributed by atoms with Crippen LogP contribution in [0.2, 0.25) is 0 Å². The van der Waals surface area contributed by atoms with Crippen LogP contribution in [0.3, 0.4) is 0 Å². The maximum absolute atomic E-state index is 13.4. The number of anilines is 1. The van der Waals surface area contributed by atoms with Crippen molar-refractivity contribution in [1.82, 2.24) is 9.78 Å².